The van der Waals surface area contributed by atoms with Gasteiger partial charge in [-0.3, -0.25) is 4.90 Å². The fraction of sp³-hybridized carbons (Fsp3) is 0.733. The molecule has 1 saturated heterocycles. The highest BCUT2D eigenvalue weighted by molar-refractivity contribution is 7.11. The Morgan fingerprint density at radius 3 is 2.74 bits per heavy atom. The molecule has 1 aliphatic heterocycles. The van der Waals surface area contributed by atoms with Crippen molar-refractivity contribution in [3.05, 3.63) is 21.9 Å². The van der Waals surface area contributed by atoms with Crippen molar-refractivity contribution in [1.82, 2.24) is 15.1 Å². The molecule has 1 aromatic heterocycles. The van der Waals surface area contributed by atoms with Crippen LogP contribution >= 0.6 is 11.3 Å². The molecular formula is C15H27N3S. The Bertz CT molecular complexity index is 386. The first-order valence-corrected chi connectivity index (χ1v) is 8.06. The van der Waals surface area contributed by atoms with Crippen molar-refractivity contribution in [3.8, 4) is 0 Å². The van der Waals surface area contributed by atoms with Crippen LogP contribution in [0.15, 0.2) is 12.1 Å². The number of likely N-dealkylation sites (tertiary alicyclic amines) is 1. The number of thiophene rings is 1. The minimum atomic E-state index is 0.560. The Balaban J connectivity index is 1.80. The average Bonchev–Trinajstić information content (AvgIpc) is 2.96. The molecule has 1 aromatic rings. The van der Waals surface area contributed by atoms with E-state index < -0.39 is 0 Å². The second-order valence-electron chi connectivity index (χ2n) is 6.04. The van der Waals surface area contributed by atoms with Crippen LogP contribution in [0.5, 0.6) is 0 Å². The van der Waals surface area contributed by atoms with Crippen LogP contribution < -0.4 is 5.32 Å². The molecule has 1 atom stereocenters. The highest BCUT2D eigenvalue weighted by Gasteiger charge is 2.23. The molecule has 0 spiro atoms. The molecule has 108 valence electrons. The number of nitrogens with zero attached hydrogens (tertiary/aromatic N) is 2. The summed E-state index contributed by atoms with van der Waals surface area (Å²) in [7, 11) is 4.38. The van der Waals surface area contributed by atoms with Crippen molar-refractivity contribution in [3.63, 3.8) is 0 Å². The van der Waals surface area contributed by atoms with Gasteiger partial charge < -0.3 is 10.2 Å². The summed E-state index contributed by atoms with van der Waals surface area (Å²) >= 11 is 1.95. The minimum Gasteiger partial charge on any atom is -0.310 e. The van der Waals surface area contributed by atoms with Crippen LogP contribution in [0, 0.1) is 0 Å². The zero-order valence-electron chi connectivity index (χ0n) is 12.6. The van der Waals surface area contributed by atoms with Gasteiger partial charge in [0.15, 0.2) is 0 Å². The molecule has 2 heterocycles. The van der Waals surface area contributed by atoms with E-state index in [-0.39, 0.29) is 0 Å². The summed E-state index contributed by atoms with van der Waals surface area (Å²) < 4.78 is 0. The molecule has 1 aliphatic rings. The number of hydrogen-bond donors (Lipinski definition) is 1. The Morgan fingerprint density at radius 2 is 2.11 bits per heavy atom. The molecule has 0 saturated carbocycles. The zero-order valence-corrected chi connectivity index (χ0v) is 13.5. The fourth-order valence-electron chi connectivity index (χ4n) is 2.50. The van der Waals surface area contributed by atoms with Gasteiger partial charge in [0.25, 0.3) is 0 Å². The van der Waals surface area contributed by atoms with E-state index in [1.165, 1.54) is 29.3 Å². The third kappa shape index (κ3) is 4.56. The lowest BCUT2D eigenvalue weighted by Crippen LogP contribution is -2.31. The lowest BCUT2D eigenvalue weighted by Gasteiger charge is -2.19. The molecular weight excluding hydrogens is 254 g/mol. The first-order valence-electron chi connectivity index (χ1n) is 7.24. The predicted octanol–water partition coefficient (Wildman–Crippen LogP) is 2.38. The van der Waals surface area contributed by atoms with Crippen molar-refractivity contribution in [2.45, 2.75) is 45.4 Å². The molecule has 1 unspecified atom stereocenters. The average molecular weight is 281 g/mol. The van der Waals surface area contributed by atoms with E-state index in [4.69, 9.17) is 0 Å². The topological polar surface area (TPSA) is 18.5 Å². The fourth-order valence-corrected chi connectivity index (χ4v) is 3.52. The molecule has 0 bridgehead atoms. The van der Waals surface area contributed by atoms with E-state index >= 15 is 0 Å². The number of nitrogens with one attached hydrogen (secondary N) is 1. The van der Waals surface area contributed by atoms with E-state index in [0.29, 0.717) is 6.04 Å². The second kappa shape index (κ2) is 6.84. The lowest BCUT2D eigenvalue weighted by atomic mass is 10.2. The van der Waals surface area contributed by atoms with Crippen LogP contribution in [0.3, 0.4) is 0 Å². The lowest BCUT2D eigenvalue weighted by molar-refractivity contribution is 0.266. The van der Waals surface area contributed by atoms with E-state index in [1.807, 2.05) is 11.3 Å². The summed E-state index contributed by atoms with van der Waals surface area (Å²) in [4.78, 5) is 7.88. The Morgan fingerprint density at radius 1 is 1.37 bits per heavy atom. The molecule has 0 amide bonds. The minimum absolute atomic E-state index is 0.560. The van der Waals surface area contributed by atoms with Gasteiger partial charge >= 0.3 is 0 Å². The monoisotopic (exact) mass is 281 g/mol. The molecule has 1 N–H and O–H groups in total. The molecule has 3 nitrogen and oxygen atoms in total. The normalized spacial score (nSPS) is 20.8. The second-order valence-corrected chi connectivity index (χ2v) is 7.30. The third-order valence-electron chi connectivity index (χ3n) is 3.76. The number of hydrogen-bond acceptors (Lipinski definition) is 4. The predicted molar refractivity (Wildman–Crippen MR) is 83.7 cm³/mol. The zero-order chi connectivity index (χ0) is 13.8. The van der Waals surface area contributed by atoms with Crippen molar-refractivity contribution in [2.24, 2.45) is 0 Å². The Kier molecular flexibility index (Phi) is 5.39. The van der Waals surface area contributed by atoms with Gasteiger partial charge in [-0.25, -0.2) is 0 Å². The maximum absolute atomic E-state index is 3.48. The van der Waals surface area contributed by atoms with Gasteiger partial charge in [-0.05, 0) is 32.6 Å². The summed E-state index contributed by atoms with van der Waals surface area (Å²) in [5.74, 6) is 0. The van der Waals surface area contributed by atoms with Gasteiger partial charge in [-0.1, -0.05) is 13.8 Å². The standard InChI is InChI=1S/C15H27N3S/c1-12(2)16-9-14-5-6-15(19-14)11-18-8-7-13(10-18)17(3)4/h5-6,12-13,16H,7-11H2,1-4H3. The van der Waals surface area contributed by atoms with Gasteiger partial charge in [0, 0.05) is 48.0 Å². The summed E-state index contributed by atoms with van der Waals surface area (Å²) in [6, 6.07) is 5.87. The molecule has 0 aliphatic carbocycles. The van der Waals surface area contributed by atoms with Crippen LogP contribution in [-0.4, -0.2) is 49.1 Å². The summed E-state index contributed by atoms with van der Waals surface area (Å²) in [5.41, 5.74) is 0. The summed E-state index contributed by atoms with van der Waals surface area (Å²) in [5, 5.41) is 3.48. The highest BCUT2D eigenvalue weighted by atomic mass is 32.1. The first kappa shape index (κ1) is 15.0. The molecule has 19 heavy (non-hydrogen) atoms. The van der Waals surface area contributed by atoms with Gasteiger partial charge in [0.05, 0.1) is 0 Å². The molecule has 0 aromatic carbocycles. The van der Waals surface area contributed by atoms with E-state index in [2.05, 4.69) is 55.2 Å². The SMILES string of the molecule is CC(C)NCc1ccc(CN2CCC(N(C)C)C2)s1. The van der Waals surface area contributed by atoms with Crippen molar-refractivity contribution in [1.29, 1.82) is 0 Å². The largest absolute Gasteiger partial charge is 0.310 e. The maximum Gasteiger partial charge on any atom is 0.0328 e. The third-order valence-corrected chi connectivity index (χ3v) is 4.83. The smallest absolute Gasteiger partial charge is 0.0328 e. The van der Waals surface area contributed by atoms with Crippen molar-refractivity contribution >= 4 is 11.3 Å². The van der Waals surface area contributed by atoms with E-state index in [1.54, 1.807) is 0 Å². The van der Waals surface area contributed by atoms with E-state index in [9.17, 15) is 0 Å². The molecule has 2 rings (SSSR count). The molecule has 0 radical (unpaired) electrons. The van der Waals surface area contributed by atoms with Gasteiger partial charge in [-0.2, -0.15) is 0 Å². The van der Waals surface area contributed by atoms with Crippen molar-refractivity contribution < 1.29 is 0 Å². The first-order chi connectivity index (χ1) is 9.04. The highest BCUT2D eigenvalue weighted by Crippen LogP contribution is 2.21. The van der Waals surface area contributed by atoms with Gasteiger partial charge in [-0.15, -0.1) is 11.3 Å². The number of rotatable bonds is 6. The maximum atomic E-state index is 3.48. The van der Waals surface area contributed by atoms with Crippen LogP contribution in [0.2, 0.25) is 0 Å². The molecule has 4 heteroatoms. The Hall–Kier alpha value is -0.420. The Labute approximate surface area is 121 Å². The quantitative estimate of drug-likeness (QED) is 0.864. The summed E-state index contributed by atoms with van der Waals surface area (Å²) in [6.45, 7) is 8.96. The van der Waals surface area contributed by atoms with Crippen LogP contribution in [0.4, 0.5) is 0 Å². The number of likely N-dealkylation sites (N-methyl/N-ethyl adjacent to an activating group) is 1. The van der Waals surface area contributed by atoms with E-state index in [0.717, 1.165) is 19.1 Å². The van der Waals surface area contributed by atoms with Gasteiger partial charge in [0.2, 0.25) is 0 Å². The van der Waals surface area contributed by atoms with Gasteiger partial charge in [0.1, 0.15) is 0 Å². The van der Waals surface area contributed by atoms with Crippen LogP contribution in [-0.2, 0) is 13.1 Å². The van der Waals surface area contributed by atoms with Crippen LogP contribution in [0.25, 0.3) is 0 Å². The molecule has 1 fully saturated rings. The van der Waals surface area contributed by atoms with Crippen LogP contribution in [0.1, 0.15) is 30.0 Å². The summed E-state index contributed by atoms with van der Waals surface area (Å²) in [6.07, 6.45) is 1.31. The van der Waals surface area contributed by atoms with Crippen molar-refractivity contribution in [2.75, 3.05) is 27.2 Å².